The van der Waals surface area contributed by atoms with Crippen molar-refractivity contribution in [3.8, 4) is 5.75 Å². The predicted octanol–water partition coefficient (Wildman–Crippen LogP) is 6.40. The molecular formula is C29H31ClN4O4. The Kier molecular flexibility index (Phi) is 7.69. The molecule has 0 saturated carbocycles. The van der Waals surface area contributed by atoms with Crippen molar-refractivity contribution in [1.82, 2.24) is 9.88 Å². The van der Waals surface area contributed by atoms with Crippen LogP contribution in [-0.2, 0) is 6.42 Å². The average Bonchev–Trinajstić information content (AvgIpc) is 2.94. The van der Waals surface area contributed by atoms with Crippen LogP contribution in [0.1, 0.15) is 42.9 Å². The maximum Gasteiger partial charge on any atom is 0.511 e. The minimum atomic E-state index is -1.35. The zero-order chi connectivity index (χ0) is 26.6. The van der Waals surface area contributed by atoms with Gasteiger partial charge in [0.15, 0.2) is 0 Å². The van der Waals surface area contributed by atoms with Gasteiger partial charge in [0.1, 0.15) is 5.75 Å². The Morgan fingerprint density at radius 1 is 1.05 bits per heavy atom. The van der Waals surface area contributed by atoms with Crippen LogP contribution in [0, 0.1) is 0 Å². The quantitative estimate of drug-likeness (QED) is 0.301. The highest BCUT2D eigenvalue weighted by Crippen LogP contribution is 2.40. The molecule has 2 aliphatic rings. The van der Waals surface area contributed by atoms with E-state index < -0.39 is 6.16 Å². The molecule has 1 fully saturated rings. The molecule has 1 aromatic heterocycles. The predicted molar refractivity (Wildman–Crippen MR) is 147 cm³/mol. The summed E-state index contributed by atoms with van der Waals surface area (Å²) in [5, 5.41) is 9.68. The van der Waals surface area contributed by atoms with Crippen LogP contribution in [-0.4, -0.2) is 53.4 Å². The van der Waals surface area contributed by atoms with Crippen LogP contribution in [0.2, 0.25) is 5.02 Å². The average molecular weight is 535 g/mol. The summed E-state index contributed by atoms with van der Waals surface area (Å²) in [5.74, 6) is 0.266. The van der Waals surface area contributed by atoms with Crippen molar-refractivity contribution in [1.29, 1.82) is 0 Å². The fourth-order valence-electron chi connectivity index (χ4n) is 5.71. The van der Waals surface area contributed by atoms with E-state index in [2.05, 4.69) is 9.88 Å². The number of carbonyl (C=O) groups is 2. The number of piperidine rings is 1. The molecule has 198 valence electrons. The van der Waals surface area contributed by atoms with Crippen molar-refractivity contribution in [3.63, 3.8) is 0 Å². The Hall–Kier alpha value is -3.78. The Morgan fingerprint density at radius 2 is 1.79 bits per heavy atom. The number of aryl methyl sites for hydroxylation is 1. The number of ether oxygens (including phenoxy) is 1. The van der Waals surface area contributed by atoms with E-state index in [9.17, 15) is 9.59 Å². The Bertz CT molecular complexity index is 1300. The van der Waals surface area contributed by atoms with Gasteiger partial charge in [0.25, 0.3) is 0 Å². The molecule has 1 aliphatic heterocycles. The van der Waals surface area contributed by atoms with Crippen LogP contribution in [0.4, 0.5) is 21.0 Å². The van der Waals surface area contributed by atoms with Crippen molar-refractivity contribution >= 4 is 35.2 Å². The molecule has 2 heterocycles. The van der Waals surface area contributed by atoms with Crippen LogP contribution < -0.4 is 14.5 Å². The number of urea groups is 1. The van der Waals surface area contributed by atoms with E-state index in [0.717, 1.165) is 62.0 Å². The molecule has 1 aliphatic carbocycles. The standard InChI is InChI=1S/C29H31ClN4O4/c1-32(27-7-3-2-6-25(27)30)28(35)34(22-13-17-33(18-14-22)21-11-15-31-16-12-21)26-8-4-5-20-9-10-23(19-24(20)26)38-29(36)37/h2-3,6-7,9-12,15-16,19,22,26H,4-5,8,13-14,17-18H2,1H3,(H,36,37). The first-order chi connectivity index (χ1) is 18.4. The van der Waals surface area contributed by atoms with Crippen molar-refractivity contribution in [2.24, 2.45) is 0 Å². The third kappa shape index (κ3) is 5.41. The van der Waals surface area contributed by atoms with Gasteiger partial charge in [-0.3, -0.25) is 9.88 Å². The summed E-state index contributed by atoms with van der Waals surface area (Å²) in [5.41, 5.74) is 3.85. The van der Waals surface area contributed by atoms with Crippen LogP contribution >= 0.6 is 11.6 Å². The highest BCUT2D eigenvalue weighted by molar-refractivity contribution is 6.33. The summed E-state index contributed by atoms with van der Waals surface area (Å²) in [6, 6.07) is 16.4. The highest BCUT2D eigenvalue weighted by Gasteiger charge is 2.38. The minimum absolute atomic E-state index is 0.00511. The first-order valence-corrected chi connectivity index (χ1v) is 13.3. The lowest BCUT2D eigenvalue weighted by atomic mass is 9.85. The van der Waals surface area contributed by atoms with Gasteiger partial charge >= 0.3 is 12.2 Å². The summed E-state index contributed by atoms with van der Waals surface area (Å²) in [6.45, 7) is 1.63. The van der Waals surface area contributed by atoms with E-state index in [1.54, 1.807) is 42.5 Å². The second-order valence-electron chi connectivity index (χ2n) is 9.76. The molecular weight excluding hydrogens is 504 g/mol. The van der Waals surface area contributed by atoms with Crippen LogP contribution in [0.3, 0.4) is 0 Å². The maximum absolute atomic E-state index is 14.3. The third-order valence-corrected chi connectivity index (χ3v) is 7.87. The van der Waals surface area contributed by atoms with Crippen molar-refractivity contribution in [2.45, 2.75) is 44.2 Å². The van der Waals surface area contributed by atoms with E-state index in [0.29, 0.717) is 10.7 Å². The van der Waals surface area contributed by atoms with E-state index in [-0.39, 0.29) is 23.9 Å². The summed E-state index contributed by atoms with van der Waals surface area (Å²) >= 11 is 6.48. The van der Waals surface area contributed by atoms with Crippen molar-refractivity contribution in [3.05, 3.63) is 83.1 Å². The van der Waals surface area contributed by atoms with E-state index in [1.165, 1.54) is 0 Å². The van der Waals surface area contributed by atoms with E-state index in [4.69, 9.17) is 21.4 Å². The molecule has 5 rings (SSSR count). The van der Waals surface area contributed by atoms with E-state index in [1.807, 2.05) is 41.3 Å². The second kappa shape index (κ2) is 11.3. The number of benzene rings is 2. The molecule has 2 aromatic carbocycles. The number of carboxylic acid groups (broad SMARTS) is 1. The van der Waals surface area contributed by atoms with Crippen molar-refractivity contribution < 1.29 is 19.4 Å². The van der Waals surface area contributed by atoms with Gasteiger partial charge in [0, 0.05) is 44.3 Å². The minimum Gasteiger partial charge on any atom is -0.449 e. The molecule has 8 nitrogen and oxygen atoms in total. The normalized spacial score (nSPS) is 17.4. The lowest BCUT2D eigenvalue weighted by molar-refractivity contribution is 0.126. The van der Waals surface area contributed by atoms with Gasteiger partial charge in [-0.15, -0.1) is 0 Å². The van der Waals surface area contributed by atoms with Crippen LogP contribution in [0.25, 0.3) is 0 Å². The molecule has 9 heteroatoms. The van der Waals surface area contributed by atoms with Gasteiger partial charge in [0.05, 0.1) is 16.8 Å². The molecule has 2 amide bonds. The molecule has 0 spiro atoms. The second-order valence-corrected chi connectivity index (χ2v) is 10.2. The number of amides is 2. The molecule has 1 unspecified atom stereocenters. The molecule has 1 N–H and O–H groups in total. The summed E-state index contributed by atoms with van der Waals surface area (Å²) in [4.78, 5) is 35.6. The maximum atomic E-state index is 14.3. The van der Waals surface area contributed by atoms with Gasteiger partial charge in [-0.25, -0.2) is 9.59 Å². The number of para-hydroxylation sites is 1. The molecule has 1 saturated heterocycles. The van der Waals surface area contributed by atoms with E-state index >= 15 is 0 Å². The summed E-state index contributed by atoms with van der Waals surface area (Å²) < 4.78 is 4.98. The molecule has 0 radical (unpaired) electrons. The number of carbonyl (C=O) groups excluding carboxylic acids is 1. The molecule has 0 bridgehead atoms. The van der Waals surface area contributed by atoms with Crippen LogP contribution in [0.15, 0.2) is 67.0 Å². The first-order valence-electron chi connectivity index (χ1n) is 12.9. The van der Waals surface area contributed by atoms with Gasteiger partial charge in [-0.1, -0.05) is 29.8 Å². The number of anilines is 2. The topological polar surface area (TPSA) is 86.2 Å². The van der Waals surface area contributed by atoms with Gasteiger partial charge in [0.2, 0.25) is 0 Å². The fourth-order valence-corrected chi connectivity index (χ4v) is 5.97. The van der Waals surface area contributed by atoms with Gasteiger partial charge < -0.3 is 19.6 Å². The molecule has 3 aromatic rings. The summed E-state index contributed by atoms with van der Waals surface area (Å²) in [7, 11) is 1.76. The number of fused-ring (bicyclic) bond motifs is 1. The molecule has 1 atom stereocenters. The number of nitrogens with zero attached hydrogens (tertiary/aromatic N) is 4. The lowest BCUT2D eigenvalue weighted by Crippen LogP contribution is -2.53. The SMILES string of the molecule is CN(C(=O)N(C1CCN(c2ccncc2)CC1)C1CCCc2ccc(OC(=O)O)cc21)c1ccccc1Cl. The van der Waals surface area contributed by atoms with Gasteiger partial charge in [-0.2, -0.15) is 0 Å². The Labute approximate surface area is 227 Å². The number of hydrogen-bond acceptors (Lipinski definition) is 5. The Balaban J connectivity index is 1.48. The largest absolute Gasteiger partial charge is 0.511 e. The smallest absolute Gasteiger partial charge is 0.449 e. The number of rotatable bonds is 5. The first kappa shape index (κ1) is 25.9. The van der Waals surface area contributed by atoms with Gasteiger partial charge in [-0.05, 0) is 79.6 Å². The highest BCUT2D eigenvalue weighted by atomic mass is 35.5. The number of hydrogen-bond donors (Lipinski definition) is 1. The third-order valence-electron chi connectivity index (χ3n) is 7.55. The van der Waals surface area contributed by atoms with Crippen molar-refractivity contribution in [2.75, 3.05) is 29.9 Å². The monoisotopic (exact) mass is 534 g/mol. The van der Waals surface area contributed by atoms with Crippen LogP contribution in [0.5, 0.6) is 5.75 Å². The Morgan fingerprint density at radius 3 is 2.50 bits per heavy atom. The fraction of sp³-hybridized carbons (Fsp3) is 0.345. The zero-order valence-electron chi connectivity index (χ0n) is 21.3. The number of halogens is 1. The zero-order valence-corrected chi connectivity index (χ0v) is 22.1. The molecule has 38 heavy (non-hydrogen) atoms. The number of pyridine rings is 1. The summed E-state index contributed by atoms with van der Waals surface area (Å²) in [6.07, 6.45) is 6.46. The number of aromatic nitrogens is 1. The lowest BCUT2D eigenvalue weighted by Gasteiger charge is -2.46.